The van der Waals surface area contributed by atoms with Crippen molar-refractivity contribution < 1.29 is 0 Å². The van der Waals surface area contributed by atoms with Crippen LogP contribution < -0.4 is 10.6 Å². The van der Waals surface area contributed by atoms with Gasteiger partial charge in [0.1, 0.15) is 0 Å². The highest BCUT2D eigenvalue weighted by atomic mass is 15.2. The van der Waals surface area contributed by atoms with Gasteiger partial charge in [-0.2, -0.15) is 0 Å². The first-order valence-electron chi connectivity index (χ1n) is 7.73. The molecule has 0 saturated carbocycles. The summed E-state index contributed by atoms with van der Waals surface area (Å²) in [6.45, 7) is 7.78. The highest BCUT2D eigenvalue weighted by Gasteiger charge is 2.23. The number of nitrogens with two attached hydrogens (primary N) is 1. The van der Waals surface area contributed by atoms with Crippen LogP contribution in [0.2, 0.25) is 0 Å². The smallest absolute Gasteiger partial charge is 0.0402 e. The van der Waals surface area contributed by atoms with Crippen molar-refractivity contribution in [2.75, 3.05) is 11.4 Å². The molecule has 1 aromatic carbocycles. The van der Waals surface area contributed by atoms with Crippen LogP contribution in [0.15, 0.2) is 18.2 Å². The molecule has 2 N–H and O–H groups in total. The normalized spacial score (nSPS) is 21.5. The van der Waals surface area contributed by atoms with Crippen LogP contribution in [0.1, 0.15) is 50.7 Å². The number of nitrogens with zero attached hydrogens (tertiary/aromatic N) is 1. The number of hydrogen-bond acceptors (Lipinski definition) is 2. The molecule has 106 valence electrons. The van der Waals surface area contributed by atoms with Gasteiger partial charge in [0, 0.05) is 24.3 Å². The van der Waals surface area contributed by atoms with Gasteiger partial charge in [0.05, 0.1) is 0 Å². The maximum Gasteiger partial charge on any atom is 0.0402 e. The molecule has 19 heavy (non-hydrogen) atoms. The Morgan fingerprint density at radius 1 is 1.37 bits per heavy atom. The Bertz CT molecular complexity index is 412. The Kier molecular flexibility index (Phi) is 4.87. The monoisotopic (exact) mass is 260 g/mol. The van der Waals surface area contributed by atoms with Gasteiger partial charge in [0.15, 0.2) is 0 Å². The van der Waals surface area contributed by atoms with E-state index >= 15 is 0 Å². The minimum absolute atomic E-state index is 0.227. The van der Waals surface area contributed by atoms with Crippen LogP contribution in [0.25, 0.3) is 0 Å². The Hall–Kier alpha value is -1.02. The molecule has 0 spiro atoms. The van der Waals surface area contributed by atoms with E-state index in [1.165, 1.54) is 49.0 Å². The molecule has 1 aromatic rings. The van der Waals surface area contributed by atoms with E-state index in [1.54, 1.807) is 0 Å². The number of benzene rings is 1. The van der Waals surface area contributed by atoms with Gasteiger partial charge in [0.25, 0.3) is 0 Å². The zero-order chi connectivity index (χ0) is 13.8. The molecule has 0 bridgehead atoms. The standard InChI is InChI=1S/C17H28N2/c1-4-16-7-5-6-10-19(16)17-9-8-13(2)11-15(17)12-14(3)18/h8-9,11,14,16H,4-7,10,12,18H2,1-3H3. The van der Waals surface area contributed by atoms with E-state index in [-0.39, 0.29) is 6.04 Å². The van der Waals surface area contributed by atoms with Crippen molar-refractivity contribution in [2.45, 2.75) is 65.0 Å². The zero-order valence-corrected chi connectivity index (χ0v) is 12.7. The molecule has 1 aliphatic rings. The van der Waals surface area contributed by atoms with Crippen molar-refractivity contribution in [1.82, 2.24) is 0 Å². The summed E-state index contributed by atoms with van der Waals surface area (Å²) in [4.78, 5) is 2.63. The molecule has 1 aliphatic heterocycles. The van der Waals surface area contributed by atoms with Gasteiger partial charge < -0.3 is 10.6 Å². The fourth-order valence-electron chi connectivity index (χ4n) is 3.25. The van der Waals surface area contributed by atoms with Crippen LogP contribution in [-0.2, 0) is 6.42 Å². The molecule has 0 aromatic heterocycles. The maximum atomic E-state index is 6.02. The first-order chi connectivity index (χ1) is 9.11. The maximum absolute atomic E-state index is 6.02. The summed E-state index contributed by atoms with van der Waals surface area (Å²) in [5.74, 6) is 0. The number of rotatable bonds is 4. The van der Waals surface area contributed by atoms with E-state index in [9.17, 15) is 0 Å². The van der Waals surface area contributed by atoms with Gasteiger partial charge in [0.2, 0.25) is 0 Å². The van der Waals surface area contributed by atoms with Gasteiger partial charge in [-0.15, -0.1) is 0 Å². The highest BCUT2D eigenvalue weighted by Crippen LogP contribution is 2.30. The highest BCUT2D eigenvalue weighted by molar-refractivity contribution is 5.56. The van der Waals surface area contributed by atoms with Crippen molar-refractivity contribution in [1.29, 1.82) is 0 Å². The minimum atomic E-state index is 0.227. The first kappa shape index (κ1) is 14.4. The van der Waals surface area contributed by atoms with Crippen LogP contribution in [0.4, 0.5) is 5.69 Å². The molecule has 0 amide bonds. The largest absolute Gasteiger partial charge is 0.368 e. The summed E-state index contributed by atoms with van der Waals surface area (Å²) in [7, 11) is 0. The molecular weight excluding hydrogens is 232 g/mol. The fraction of sp³-hybridized carbons (Fsp3) is 0.647. The van der Waals surface area contributed by atoms with Gasteiger partial charge in [-0.1, -0.05) is 24.6 Å². The summed E-state index contributed by atoms with van der Waals surface area (Å²) in [6.07, 6.45) is 6.25. The molecule has 2 nitrogen and oxygen atoms in total. The summed E-state index contributed by atoms with van der Waals surface area (Å²) >= 11 is 0. The predicted octanol–water partition coefficient (Wildman–Crippen LogP) is 3.65. The number of aryl methyl sites for hydroxylation is 1. The van der Waals surface area contributed by atoms with Crippen molar-refractivity contribution >= 4 is 5.69 Å². The average Bonchev–Trinajstić information content (AvgIpc) is 2.38. The van der Waals surface area contributed by atoms with E-state index in [0.717, 1.165) is 6.42 Å². The van der Waals surface area contributed by atoms with Crippen molar-refractivity contribution in [3.05, 3.63) is 29.3 Å². The molecule has 0 radical (unpaired) electrons. The van der Waals surface area contributed by atoms with Gasteiger partial charge in [-0.25, -0.2) is 0 Å². The molecule has 2 unspecified atom stereocenters. The summed E-state index contributed by atoms with van der Waals surface area (Å²) < 4.78 is 0. The number of piperidine rings is 1. The quantitative estimate of drug-likeness (QED) is 0.895. The molecular formula is C17H28N2. The molecule has 0 aliphatic carbocycles. The Balaban J connectivity index is 2.31. The Morgan fingerprint density at radius 3 is 2.84 bits per heavy atom. The van der Waals surface area contributed by atoms with Crippen LogP contribution in [-0.4, -0.2) is 18.6 Å². The molecule has 1 saturated heterocycles. The van der Waals surface area contributed by atoms with E-state index in [2.05, 4.69) is 43.9 Å². The lowest BCUT2D eigenvalue weighted by Gasteiger charge is -2.38. The zero-order valence-electron chi connectivity index (χ0n) is 12.7. The third kappa shape index (κ3) is 3.50. The lowest BCUT2D eigenvalue weighted by atomic mass is 9.95. The van der Waals surface area contributed by atoms with Gasteiger partial charge in [-0.3, -0.25) is 0 Å². The SMILES string of the molecule is CCC1CCCCN1c1ccc(C)cc1CC(C)N. The van der Waals surface area contributed by atoms with E-state index < -0.39 is 0 Å². The second-order valence-corrected chi connectivity index (χ2v) is 6.06. The topological polar surface area (TPSA) is 29.3 Å². The van der Waals surface area contributed by atoms with Crippen LogP contribution in [0.5, 0.6) is 0 Å². The van der Waals surface area contributed by atoms with Gasteiger partial charge >= 0.3 is 0 Å². The Labute approximate surface area is 118 Å². The number of hydrogen-bond donors (Lipinski definition) is 1. The van der Waals surface area contributed by atoms with E-state index in [0.29, 0.717) is 6.04 Å². The first-order valence-corrected chi connectivity index (χ1v) is 7.73. The number of anilines is 1. The van der Waals surface area contributed by atoms with Crippen molar-refractivity contribution in [3.63, 3.8) is 0 Å². The summed E-state index contributed by atoms with van der Waals surface area (Å²) in [5.41, 5.74) is 10.2. The molecule has 2 atom stereocenters. The van der Waals surface area contributed by atoms with Crippen LogP contribution in [0.3, 0.4) is 0 Å². The van der Waals surface area contributed by atoms with Crippen molar-refractivity contribution in [2.24, 2.45) is 5.73 Å². The molecule has 2 heteroatoms. The second-order valence-electron chi connectivity index (χ2n) is 6.06. The average molecular weight is 260 g/mol. The molecule has 2 rings (SSSR count). The Morgan fingerprint density at radius 2 is 2.16 bits per heavy atom. The molecule has 1 heterocycles. The molecule has 1 fully saturated rings. The fourth-order valence-corrected chi connectivity index (χ4v) is 3.25. The summed E-state index contributed by atoms with van der Waals surface area (Å²) in [5, 5.41) is 0. The van der Waals surface area contributed by atoms with Crippen LogP contribution in [0, 0.1) is 6.92 Å². The third-order valence-corrected chi connectivity index (χ3v) is 4.18. The van der Waals surface area contributed by atoms with E-state index in [1.807, 2.05) is 0 Å². The predicted molar refractivity (Wildman–Crippen MR) is 83.8 cm³/mol. The lowest BCUT2D eigenvalue weighted by molar-refractivity contribution is 0.448. The van der Waals surface area contributed by atoms with Crippen LogP contribution >= 0.6 is 0 Å². The lowest BCUT2D eigenvalue weighted by Crippen LogP contribution is -2.40. The third-order valence-electron chi connectivity index (χ3n) is 4.18. The van der Waals surface area contributed by atoms with Crippen molar-refractivity contribution in [3.8, 4) is 0 Å². The van der Waals surface area contributed by atoms with Gasteiger partial charge in [-0.05, 0) is 57.6 Å². The second kappa shape index (κ2) is 6.42. The van der Waals surface area contributed by atoms with E-state index in [4.69, 9.17) is 5.73 Å². The minimum Gasteiger partial charge on any atom is -0.368 e. The summed E-state index contributed by atoms with van der Waals surface area (Å²) in [6, 6.07) is 7.80.